The summed E-state index contributed by atoms with van der Waals surface area (Å²) in [4.78, 5) is 12.9. The van der Waals surface area contributed by atoms with Crippen molar-refractivity contribution >= 4 is 39.1 Å². The highest BCUT2D eigenvalue weighted by Gasteiger charge is 2.11. The Kier molecular flexibility index (Phi) is 4.00. The standard InChI is InChI=1S/C17H18N4OS/c1-11-9-15-16(18-12(2)19-17(15)23-11)10-21(22)14-7-5-13(6-8-14)20(3)4/h5-10H,1-4H3/b21-10-. The van der Waals surface area contributed by atoms with Crippen LogP contribution in [-0.4, -0.2) is 35.0 Å². The predicted molar refractivity (Wildman–Crippen MR) is 96.1 cm³/mol. The monoisotopic (exact) mass is 326 g/mol. The average molecular weight is 326 g/mol. The second-order valence-electron chi connectivity index (χ2n) is 5.60. The van der Waals surface area contributed by atoms with E-state index in [1.165, 1.54) is 6.21 Å². The van der Waals surface area contributed by atoms with E-state index in [9.17, 15) is 5.21 Å². The minimum Gasteiger partial charge on any atom is -0.618 e. The maximum Gasteiger partial charge on any atom is 0.216 e. The summed E-state index contributed by atoms with van der Waals surface area (Å²) in [6.07, 6.45) is 1.52. The van der Waals surface area contributed by atoms with E-state index in [-0.39, 0.29) is 0 Å². The van der Waals surface area contributed by atoms with Crippen LogP contribution in [0.3, 0.4) is 0 Å². The van der Waals surface area contributed by atoms with Gasteiger partial charge in [-0.2, -0.15) is 4.74 Å². The molecule has 0 atom stereocenters. The largest absolute Gasteiger partial charge is 0.618 e. The molecule has 0 fully saturated rings. The molecule has 0 saturated carbocycles. The number of thiophene rings is 1. The number of anilines is 1. The van der Waals surface area contributed by atoms with Gasteiger partial charge >= 0.3 is 0 Å². The minimum absolute atomic E-state index is 0.576. The Labute approximate surface area is 139 Å². The van der Waals surface area contributed by atoms with Gasteiger partial charge in [-0.05, 0) is 32.0 Å². The number of fused-ring (bicyclic) bond motifs is 1. The highest BCUT2D eigenvalue weighted by atomic mass is 32.1. The second-order valence-corrected chi connectivity index (χ2v) is 6.83. The molecule has 0 aliphatic rings. The third kappa shape index (κ3) is 3.17. The van der Waals surface area contributed by atoms with Crippen LogP contribution in [0, 0.1) is 19.1 Å². The summed E-state index contributed by atoms with van der Waals surface area (Å²) in [6, 6.07) is 9.48. The molecule has 0 N–H and O–H groups in total. The van der Waals surface area contributed by atoms with Gasteiger partial charge < -0.3 is 10.1 Å². The van der Waals surface area contributed by atoms with Crippen LogP contribution in [0.15, 0.2) is 30.3 Å². The summed E-state index contributed by atoms with van der Waals surface area (Å²) in [6.45, 7) is 3.87. The molecule has 0 unspecified atom stereocenters. The van der Waals surface area contributed by atoms with Gasteiger partial charge in [-0.1, -0.05) is 0 Å². The first kappa shape index (κ1) is 15.4. The third-order valence-corrected chi connectivity index (χ3v) is 4.46. The first-order valence-corrected chi connectivity index (χ1v) is 8.09. The van der Waals surface area contributed by atoms with E-state index in [0.717, 1.165) is 25.5 Å². The zero-order valence-corrected chi connectivity index (χ0v) is 14.4. The van der Waals surface area contributed by atoms with E-state index in [1.54, 1.807) is 11.3 Å². The van der Waals surface area contributed by atoms with Gasteiger partial charge in [0.15, 0.2) is 0 Å². The second kappa shape index (κ2) is 5.96. The van der Waals surface area contributed by atoms with Crippen molar-refractivity contribution in [2.45, 2.75) is 13.8 Å². The van der Waals surface area contributed by atoms with Gasteiger partial charge in [0.1, 0.15) is 16.3 Å². The van der Waals surface area contributed by atoms with E-state index >= 15 is 0 Å². The summed E-state index contributed by atoms with van der Waals surface area (Å²) in [5, 5.41) is 13.4. The highest BCUT2D eigenvalue weighted by molar-refractivity contribution is 7.18. The molecule has 6 heteroatoms. The first-order chi connectivity index (χ1) is 10.9. The molecule has 0 spiro atoms. The van der Waals surface area contributed by atoms with Gasteiger partial charge in [-0.3, -0.25) is 0 Å². The lowest BCUT2D eigenvalue weighted by molar-refractivity contribution is -0.354. The summed E-state index contributed by atoms with van der Waals surface area (Å²) in [7, 11) is 3.94. The van der Waals surface area contributed by atoms with Crippen LogP contribution >= 0.6 is 11.3 Å². The summed E-state index contributed by atoms with van der Waals surface area (Å²) >= 11 is 1.61. The van der Waals surface area contributed by atoms with Crippen LogP contribution in [0.25, 0.3) is 10.2 Å². The molecule has 1 aromatic carbocycles. The van der Waals surface area contributed by atoms with Gasteiger partial charge in [-0.25, -0.2) is 9.97 Å². The van der Waals surface area contributed by atoms with Crippen molar-refractivity contribution < 1.29 is 4.74 Å². The Morgan fingerprint density at radius 2 is 1.83 bits per heavy atom. The van der Waals surface area contributed by atoms with Crippen molar-refractivity contribution in [2.24, 2.45) is 0 Å². The summed E-state index contributed by atoms with van der Waals surface area (Å²) < 4.78 is 0.855. The lowest BCUT2D eigenvalue weighted by atomic mass is 10.2. The molecule has 3 aromatic rings. The van der Waals surface area contributed by atoms with Gasteiger partial charge in [0.05, 0.1) is 0 Å². The smallest absolute Gasteiger partial charge is 0.216 e. The molecule has 0 aliphatic heterocycles. The molecule has 0 saturated heterocycles. The van der Waals surface area contributed by atoms with Crippen LogP contribution in [0.5, 0.6) is 0 Å². The van der Waals surface area contributed by atoms with Crippen LogP contribution in [0.1, 0.15) is 16.4 Å². The maximum absolute atomic E-state index is 12.4. The highest BCUT2D eigenvalue weighted by Crippen LogP contribution is 2.25. The van der Waals surface area contributed by atoms with Crippen LogP contribution in [0.4, 0.5) is 11.4 Å². The predicted octanol–water partition coefficient (Wildman–Crippen LogP) is 3.64. The normalized spacial score (nSPS) is 11.9. The molecular formula is C17H18N4OS. The van der Waals surface area contributed by atoms with Crippen molar-refractivity contribution in [2.75, 3.05) is 19.0 Å². The van der Waals surface area contributed by atoms with Crippen molar-refractivity contribution in [3.05, 3.63) is 51.9 Å². The number of hydrogen-bond acceptors (Lipinski definition) is 5. The van der Waals surface area contributed by atoms with E-state index in [4.69, 9.17) is 0 Å². The lowest BCUT2D eigenvalue weighted by Gasteiger charge is -2.12. The number of rotatable bonds is 3. The molecule has 2 heterocycles. The van der Waals surface area contributed by atoms with Gasteiger partial charge in [0, 0.05) is 42.2 Å². The van der Waals surface area contributed by atoms with E-state index < -0.39 is 0 Å². The molecule has 0 aliphatic carbocycles. The lowest BCUT2D eigenvalue weighted by Crippen LogP contribution is -2.08. The zero-order chi connectivity index (χ0) is 16.6. The number of benzene rings is 1. The fourth-order valence-electron chi connectivity index (χ4n) is 2.36. The maximum atomic E-state index is 12.4. The number of aryl methyl sites for hydroxylation is 2. The Bertz CT molecular complexity index is 881. The Balaban J connectivity index is 2.03. The molecular weight excluding hydrogens is 308 g/mol. The van der Waals surface area contributed by atoms with Crippen molar-refractivity contribution in [1.29, 1.82) is 0 Å². The Morgan fingerprint density at radius 3 is 2.48 bits per heavy atom. The SMILES string of the molecule is Cc1nc(/C=[N+](\[O-])c2ccc(N(C)C)cc2)c2cc(C)sc2n1. The van der Waals surface area contributed by atoms with Crippen molar-refractivity contribution in [3.8, 4) is 0 Å². The molecule has 3 rings (SSSR count). The van der Waals surface area contributed by atoms with Crippen molar-refractivity contribution in [1.82, 2.24) is 9.97 Å². The average Bonchev–Trinajstić information content (AvgIpc) is 2.87. The fraction of sp³-hybridized carbons (Fsp3) is 0.235. The third-order valence-electron chi connectivity index (χ3n) is 3.52. The van der Waals surface area contributed by atoms with E-state index in [0.29, 0.717) is 17.2 Å². The molecule has 5 nitrogen and oxygen atoms in total. The quantitative estimate of drug-likeness (QED) is 0.319. The number of nitrogens with zero attached hydrogens (tertiary/aromatic N) is 4. The van der Waals surface area contributed by atoms with Crippen LogP contribution in [0.2, 0.25) is 0 Å². The van der Waals surface area contributed by atoms with Gasteiger partial charge in [-0.15, -0.1) is 11.3 Å². The molecule has 2 aromatic heterocycles. The zero-order valence-electron chi connectivity index (χ0n) is 13.6. The minimum atomic E-state index is 0.576. The van der Waals surface area contributed by atoms with Gasteiger partial charge in [0.2, 0.25) is 11.9 Å². The molecule has 118 valence electrons. The summed E-state index contributed by atoms with van der Waals surface area (Å²) in [5.41, 5.74) is 2.28. The Morgan fingerprint density at radius 1 is 1.13 bits per heavy atom. The molecule has 23 heavy (non-hydrogen) atoms. The van der Waals surface area contributed by atoms with Crippen molar-refractivity contribution in [3.63, 3.8) is 0 Å². The van der Waals surface area contributed by atoms with E-state index in [2.05, 4.69) is 9.97 Å². The molecule has 0 amide bonds. The first-order valence-electron chi connectivity index (χ1n) is 7.27. The topological polar surface area (TPSA) is 55.1 Å². The Hall–Kier alpha value is -2.47. The van der Waals surface area contributed by atoms with Crippen LogP contribution in [-0.2, 0) is 0 Å². The molecule has 0 radical (unpaired) electrons. The summed E-state index contributed by atoms with van der Waals surface area (Å²) in [5.74, 6) is 0.668. The fourth-order valence-corrected chi connectivity index (χ4v) is 3.29. The molecule has 0 bridgehead atoms. The number of aromatic nitrogens is 2. The van der Waals surface area contributed by atoms with Crippen LogP contribution < -0.4 is 4.90 Å². The van der Waals surface area contributed by atoms with Gasteiger partial charge in [0.25, 0.3) is 0 Å². The van der Waals surface area contributed by atoms with E-state index in [1.807, 2.05) is 63.2 Å². The number of hydrogen-bond donors (Lipinski definition) is 0.